The first-order valence-corrected chi connectivity index (χ1v) is 15.5. The smallest absolute Gasteiger partial charge is 0.142 e. The lowest BCUT2D eigenvalue weighted by molar-refractivity contribution is 0.423. The Bertz CT molecular complexity index is 1070. The molecular weight excluding hydrogens is 492 g/mol. The molecule has 2 rings (SSSR count). The van der Waals surface area contributed by atoms with Crippen molar-refractivity contribution in [2.24, 2.45) is 0 Å². The van der Waals surface area contributed by atoms with Crippen molar-refractivity contribution < 1.29 is 10.2 Å². The van der Waals surface area contributed by atoms with Crippen molar-refractivity contribution in [3.8, 4) is 11.5 Å². The molecule has 40 heavy (non-hydrogen) atoms. The maximum atomic E-state index is 11.5. The van der Waals surface area contributed by atoms with Gasteiger partial charge in [0.25, 0.3) is 0 Å². The number of aromatic hydroxyl groups is 2. The van der Waals surface area contributed by atoms with Gasteiger partial charge in [-0.15, -0.1) is 0 Å². The minimum Gasteiger partial charge on any atom is -0.505 e. The van der Waals surface area contributed by atoms with Crippen molar-refractivity contribution in [3.05, 3.63) is 46.5 Å². The van der Waals surface area contributed by atoms with Crippen molar-refractivity contribution in [1.82, 2.24) is 0 Å². The van der Waals surface area contributed by atoms with Gasteiger partial charge in [0.1, 0.15) is 11.5 Å². The van der Waals surface area contributed by atoms with Gasteiger partial charge < -0.3 is 20.0 Å². The Labute approximate surface area is 246 Å². The van der Waals surface area contributed by atoms with Crippen LogP contribution in [0.2, 0.25) is 0 Å². The average Bonchev–Trinajstić information content (AvgIpc) is 2.91. The third-order valence-corrected chi connectivity index (χ3v) is 10.3. The highest BCUT2D eigenvalue weighted by Gasteiger charge is 2.31. The highest BCUT2D eigenvalue weighted by Crippen LogP contribution is 2.45. The maximum absolute atomic E-state index is 11.5. The molecule has 4 nitrogen and oxygen atoms in total. The third-order valence-electron chi connectivity index (χ3n) is 10.3. The largest absolute Gasteiger partial charge is 0.505 e. The van der Waals surface area contributed by atoms with Gasteiger partial charge in [-0.2, -0.15) is 0 Å². The Morgan fingerprint density at radius 1 is 0.500 bits per heavy atom. The van der Waals surface area contributed by atoms with Gasteiger partial charge in [-0.05, 0) is 70.6 Å². The summed E-state index contributed by atoms with van der Waals surface area (Å²) in [6.07, 6.45) is 3.94. The van der Waals surface area contributed by atoms with Crippen LogP contribution in [0.25, 0.3) is 0 Å². The molecule has 0 aliphatic rings. The van der Waals surface area contributed by atoms with Crippen LogP contribution in [0, 0.1) is 0 Å². The predicted molar refractivity (Wildman–Crippen MR) is 176 cm³/mol. The van der Waals surface area contributed by atoms with Crippen molar-refractivity contribution in [2.45, 2.75) is 130 Å². The van der Waals surface area contributed by atoms with E-state index in [4.69, 9.17) is 0 Å². The fraction of sp³-hybridized carbons (Fsp3) is 0.667. The van der Waals surface area contributed by atoms with Gasteiger partial charge in [0.15, 0.2) is 0 Å². The summed E-state index contributed by atoms with van der Waals surface area (Å²) in [5.74, 6) is 0.767. The molecular formula is C36H60N2O2. The molecule has 0 spiro atoms. The normalized spacial score (nSPS) is 13.1. The number of phenolic OH excluding ortho intramolecular Hbond substituents is 2. The molecule has 0 bridgehead atoms. The summed E-state index contributed by atoms with van der Waals surface area (Å²) in [7, 11) is 4.13. The van der Waals surface area contributed by atoms with E-state index in [0.717, 1.165) is 48.2 Å². The number of likely N-dealkylation sites (N-methyl/N-ethyl adjacent to an activating group) is 2. The summed E-state index contributed by atoms with van der Waals surface area (Å²) in [4.78, 5) is 4.34. The van der Waals surface area contributed by atoms with Crippen LogP contribution in [-0.4, -0.2) is 37.4 Å². The second-order valence-electron chi connectivity index (χ2n) is 14.6. The van der Waals surface area contributed by atoms with E-state index in [9.17, 15) is 10.2 Å². The van der Waals surface area contributed by atoms with Crippen LogP contribution in [0.15, 0.2) is 24.3 Å². The van der Waals surface area contributed by atoms with E-state index in [0.29, 0.717) is 24.6 Å². The lowest BCUT2D eigenvalue weighted by Crippen LogP contribution is -2.32. The van der Waals surface area contributed by atoms with E-state index < -0.39 is 0 Å². The second-order valence-corrected chi connectivity index (χ2v) is 14.6. The Kier molecular flexibility index (Phi) is 10.4. The monoisotopic (exact) mass is 552 g/mol. The van der Waals surface area contributed by atoms with E-state index in [1.807, 2.05) is 0 Å². The first kappa shape index (κ1) is 33.8. The first-order valence-electron chi connectivity index (χ1n) is 15.5. The SMILES string of the molecule is CCC(C)(C)c1cc(N(C)CCN(C)c2cc(C(C)(C)CC)cc(C(C)(C)CC)c2O)c(O)c(C(C)(C)CC)c1. The molecule has 226 valence electrons. The zero-order chi connectivity index (χ0) is 30.8. The van der Waals surface area contributed by atoms with Crippen LogP contribution < -0.4 is 9.80 Å². The Hall–Kier alpha value is -2.36. The fourth-order valence-corrected chi connectivity index (χ4v) is 4.96. The molecule has 0 fully saturated rings. The Morgan fingerprint density at radius 3 is 1.02 bits per heavy atom. The van der Waals surface area contributed by atoms with Crippen molar-refractivity contribution in [2.75, 3.05) is 37.0 Å². The van der Waals surface area contributed by atoms with Crippen molar-refractivity contribution >= 4 is 11.4 Å². The van der Waals surface area contributed by atoms with Gasteiger partial charge >= 0.3 is 0 Å². The number of benzene rings is 2. The van der Waals surface area contributed by atoms with E-state index in [1.165, 1.54) is 11.1 Å². The molecule has 0 atom stereocenters. The van der Waals surface area contributed by atoms with Gasteiger partial charge in [-0.3, -0.25) is 0 Å². The van der Waals surface area contributed by atoms with Gasteiger partial charge in [-0.1, -0.05) is 95.2 Å². The molecule has 0 amide bonds. The highest BCUT2D eigenvalue weighted by atomic mass is 16.3. The summed E-state index contributed by atoms with van der Waals surface area (Å²) in [6, 6.07) is 8.80. The zero-order valence-electron chi connectivity index (χ0n) is 28.3. The summed E-state index contributed by atoms with van der Waals surface area (Å²) < 4.78 is 0. The number of anilines is 2. The molecule has 2 N–H and O–H groups in total. The van der Waals surface area contributed by atoms with Gasteiger partial charge in [0, 0.05) is 38.3 Å². The minimum atomic E-state index is -0.128. The Morgan fingerprint density at radius 2 is 0.775 bits per heavy atom. The predicted octanol–water partition coefficient (Wildman–Crippen LogP) is 9.42. The number of nitrogens with zero attached hydrogens (tertiary/aromatic N) is 2. The fourth-order valence-electron chi connectivity index (χ4n) is 4.96. The van der Waals surface area contributed by atoms with Gasteiger partial charge in [0.05, 0.1) is 11.4 Å². The lowest BCUT2D eigenvalue weighted by atomic mass is 9.75. The molecule has 0 aliphatic carbocycles. The van der Waals surface area contributed by atoms with Crippen molar-refractivity contribution in [1.29, 1.82) is 0 Å². The van der Waals surface area contributed by atoms with Crippen LogP contribution in [0.3, 0.4) is 0 Å². The number of hydrogen-bond donors (Lipinski definition) is 2. The third kappa shape index (κ3) is 6.92. The molecule has 2 aromatic rings. The van der Waals surface area contributed by atoms with Crippen LogP contribution in [0.1, 0.15) is 131 Å². The second kappa shape index (κ2) is 12.2. The molecule has 4 heteroatoms. The molecule has 0 radical (unpaired) electrons. The molecule has 0 saturated heterocycles. The number of rotatable bonds is 13. The summed E-state index contributed by atoms with van der Waals surface area (Å²) >= 11 is 0. The first-order chi connectivity index (χ1) is 18.3. The molecule has 2 aromatic carbocycles. The van der Waals surface area contributed by atoms with Crippen LogP contribution >= 0.6 is 0 Å². The maximum Gasteiger partial charge on any atom is 0.142 e. The lowest BCUT2D eigenvalue weighted by Gasteiger charge is -2.34. The van der Waals surface area contributed by atoms with Gasteiger partial charge in [0.2, 0.25) is 0 Å². The minimum absolute atomic E-state index is 0.0133. The molecule has 0 unspecified atom stereocenters. The summed E-state index contributed by atoms with van der Waals surface area (Å²) in [6.45, 7) is 28.2. The zero-order valence-corrected chi connectivity index (χ0v) is 28.3. The quantitative estimate of drug-likeness (QED) is 0.260. The standard InChI is InChI=1S/C36H60N2O2/c1-15-33(5,6)25-21-27(35(9,10)17-3)31(39)29(23-25)37(13)19-20-38(14)30-24-26(34(7,8)16-2)22-28(32(30)40)36(11,12)18-4/h21-24,39-40H,15-20H2,1-14H3. The van der Waals surface area contributed by atoms with E-state index in [1.54, 1.807) is 0 Å². The summed E-state index contributed by atoms with van der Waals surface area (Å²) in [5, 5.41) is 23.1. The highest BCUT2D eigenvalue weighted by molar-refractivity contribution is 5.67. The number of hydrogen-bond acceptors (Lipinski definition) is 4. The average molecular weight is 553 g/mol. The summed E-state index contributed by atoms with van der Waals surface area (Å²) in [5.41, 5.74) is 6.08. The number of phenols is 2. The van der Waals surface area contributed by atoms with Crippen LogP contribution in [-0.2, 0) is 21.7 Å². The van der Waals surface area contributed by atoms with E-state index in [2.05, 4.69) is 131 Å². The Balaban J connectivity index is 2.53. The van der Waals surface area contributed by atoms with Gasteiger partial charge in [-0.25, -0.2) is 0 Å². The van der Waals surface area contributed by atoms with Crippen LogP contribution in [0.4, 0.5) is 11.4 Å². The molecule has 0 saturated carbocycles. The molecule has 0 heterocycles. The molecule has 0 aliphatic heterocycles. The van der Waals surface area contributed by atoms with E-state index in [-0.39, 0.29) is 21.7 Å². The van der Waals surface area contributed by atoms with Crippen LogP contribution in [0.5, 0.6) is 11.5 Å². The van der Waals surface area contributed by atoms with E-state index >= 15 is 0 Å². The topological polar surface area (TPSA) is 46.9 Å². The van der Waals surface area contributed by atoms with Crippen molar-refractivity contribution in [3.63, 3.8) is 0 Å². The molecule has 0 aromatic heterocycles.